The van der Waals surface area contributed by atoms with Crippen molar-refractivity contribution in [1.82, 2.24) is 4.90 Å². The van der Waals surface area contributed by atoms with Crippen LogP contribution in [0.2, 0.25) is 0 Å². The molecule has 0 aromatic heterocycles. The highest BCUT2D eigenvalue weighted by atomic mass is 16.5. The van der Waals surface area contributed by atoms with E-state index in [1.165, 1.54) is 0 Å². The van der Waals surface area contributed by atoms with Gasteiger partial charge >= 0.3 is 0 Å². The van der Waals surface area contributed by atoms with Crippen LogP contribution >= 0.6 is 0 Å². The van der Waals surface area contributed by atoms with Gasteiger partial charge in [0.2, 0.25) is 0 Å². The summed E-state index contributed by atoms with van der Waals surface area (Å²) >= 11 is 0. The van der Waals surface area contributed by atoms with Crippen LogP contribution in [0.5, 0.6) is 0 Å². The fraction of sp³-hybridized carbons (Fsp3) is 1.00. The van der Waals surface area contributed by atoms with Gasteiger partial charge in [-0.05, 0) is 7.05 Å². The molecule has 10 heavy (non-hydrogen) atoms. The van der Waals surface area contributed by atoms with Gasteiger partial charge in [-0.25, -0.2) is 0 Å². The van der Waals surface area contributed by atoms with E-state index in [9.17, 15) is 0 Å². The summed E-state index contributed by atoms with van der Waals surface area (Å²) in [5, 5.41) is 0. The third-order valence-corrected chi connectivity index (χ3v) is 1.77. The van der Waals surface area contributed by atoms with Gasteiger partial charge in [-0.1, -0.05) is 0 Å². The van der Waals surface area contributed by atoms with Crippen molar-refractivity contribution >= 4 is 0 Å². The number of likely N-dealkylation sites (N-methyl/N-ethyl adjacent to an activating group) is 1. The van der Waals surface area contributed by atoms with Crippen LogP contribution < -0.4 is 0 Å². The van der Waals surface area contributed by atoms with Crippen molar-refractivity contribution in [3.8, 4) is 0 Å². The summed E-state index contributed by atoms with van der Waals surface area (Å²) in [6, 6.07) is 0. The molecule has 3 heteroatoms. The highest BCUT2D eigenvalue weighted by molar-refractivity contribution is 4.65. The number of hydrogen-bond acceptors (Lipinski definition) is 3. The number of nitrogens with zero attached hydrogens (tertiary/aromatic N) is 1. The van der Waals surface area contributed by atoms with E-state index < -0.39 is 0 Å². The van der Waals surface area contributed by atoms with Gasteiger partial charge < -0.3 is 14.4 Å². The number of methoxy groups -OCH3 is 1. The Bertz CT molecular complexity index is 97.6. The Balaban J connectivity index is 2.30. The van der Waals surface area contributed by atoms with Crippen molar-refractivity contribution in [3.05, 3.63) is 0 Å². The Morgan fingerprint density at radius 1 is 1.60 bits per heavy atom. The van der Waals surface area contributed by atoms with Crippen LogP contribution in [0, 0.1) is 0 Å². The molecular weight excluding hydrogens is 130 g/mol. The Morgan fingerprint density at radius 2 is 2.40 bits per heavy atom. The van der Waals surface area contributed by atoms with Gasteiger partial charge in [-0.15, -0.1) is 0 Å². The molecule has 3 nitrogen and oxygen atoms in total. The molecule has 1 atom stereocenters. The molecule has 1 fully saturated rings. The van der Waals surface area contributed by atoms with Crippen molar-refractivity contribution in [2.75, 3.05) is 40.5 Å². The maximum Gasteiger partial charge on any atom is 0.0931 e. The predicted molar refractivity (Wildman–Crippen MR) is 39.1 cm³/mol. The van der Waals surface area contributed by atoms with Crippen LogP contribution in [0.15, 0.2) is 0 Å². The SMILES string of the molecule is CO[C@@H]1COCCN(C)C1. The average molecular weight is 145 g/mol. The molecule has 0 aromatic carbocycles. The Labute approximate surface area is 61.9 Å². The lowest BCUT2D eigenvalue weighted by Gasteiger charge is -2.16. The van der Waals surface area contributed by atoms with E-state index in [-0.39, 0.29) is 6.10 Å². The smallest absolute Gasteiger partial charge is 0.0931 e. The fourth-order valence-corrected chi connectivity index (χ4v) is 1.07. The molecule has 0 saturated carbocycles. The maximum atomic E-state index is 5.30. The minimum absolute atomic E-state index is 0.257. The molecule has 0 spiro atoms. The third kappa shape index (κ3) is 2.25. The molecule has 0 bridgehead atoms. The summed E-state index contributed by atoms with van der Waals surface area (Å²) in [5.41, 5.74) is 0. The van der Waals surface area contributed by atoms with Gasteiger partial charge in [0, 0.05) is 20.2 Å². The van der Waals surface area contributed by atoms with E-state index in [1.807, 2.05) is 0 Å². The largest absolute Gasteiger partial charge is 0.378 e. The second-order valence-electron chi connectivity index (χ2n) is 2.69. The first-order chi connectivity index (χ1) is 4.83. The van der Waals surface area contributed by atoms with Crippen molar-refractivity contribution in [3.63, 3.8) is 0 Å². The predicted octanol–water partition coefficient (Wildman–Crippen LogP) is -0.0366. The molecule has 1 aliphatic heterocycles. The summed E-state index contributed by atoms with van der Waals surface area (Å²) in [6.45, 7) is 3.56. The zero-order valence-electron chi connectivity index (χ0n) is 6.67. The number of ether oxygens (including phenoxy) is 2. The summed E-state index contributed by atoms with van der Waals surface area (Å²) in [4.78, 5) is 2.22. The molecule has 1 heterocycles. The zero-order valence-corrected chi connectivity index (χ0v) is 6.67. The quantitative estimate of drug-likeness (QED) is 0.517. The normalized spacial score (nSPS) is 30.0. The molecule has 0 aliphatic carbocycles. The molecule has 0 unspecified atom stereocenters. The Kier molecular flexibility index (Phi) is 3.12. The van der Waals surface area contributed by atoms with Gasteiger partial charge in [0.25, 0.3) is 0 Å². The first-order valence-corrected chi connectivity index (χ1v) is 3.62. The molecule has 0 amide bonds. The Morgan fingerprint density at radius 3 is 3.10 bits per heavy atom. The topological polar surface area (TPSA) is 21.7 Å². The van der Waals surface area contributed by atoms with Gasteiger partial charge in [-0.2, -0.15) is 0 Å². The van der Waals surface area contributed by atoms with E-state index in [2.05, 4.69) is 11.9 Å². The number of rotatable bonds is 1. The van der Waals surface area contributed by atoms with Gasteiger partial charge in [-0.3, -0.25) is 0 Å². The van der Waals surface area contributed by atoms with Gasteiger partial charge in [0.05, 0.1) is 19.3 Å². The standard InChI is InChI=1S/C7H15NO2/c1-8-3-4-10-6-7(5-8)9-2/h7H,3-6H2,1-2H3/t7-/m0/s1. The third-order valence-electron chi connectivity index (χ3n) is 1.77. The minimum atomic E-state index is 0.257. The fourth-order valence-electron chi connectivity index (χ4n) is 1.07. The first-order valence-electron chi connectivity index (χ1n) is 3.62. The number of hydrogen-bond donors (Lipinski definition) is 0. The lowest BCUT2D eigenvalue weighted by atomic mass is 10.3. The van der Waals surface area contributed by atoms with Crippen LogP contribution in [-0.4, -0.2) is 51.5 Å². The van der Waals surface area contributed by atoms with Crippen LogP contribution in [0.3, 0.4) is 0 Å². The highest BCUT2D eigenvalue weighted by Gasteiger charge is 2.14. The molecule has 60 valence electrons. The van der Waals surface area contributed by atoms with Crippen molar-refractivity contribution in [1.29, 1.82) is 0 Å². The van der Waals surface area contributed by atoms with Crippen molar-refractivity contribution in [2.24, 2.45) is 0 Å². The van der Waals surface area contributed by atoms with Crippen LogP contribution in [0.25, 0.3) is 0 Å². The van der Waals surface area contributed by atoms with E-state index in [4.69, 9.17) is 9.47 Å². The first kappa shape index (κ1) is 7.98. The molecule has 1 saturated heterocycles. The lowest BCUT2D eigenvalue weighted by molar-refractivity contribution is 0.0241. The summed E-state index contributed by atoms with van der Waals surface area (Å²) in [7, 11) is 3.81. The summed E-state index contributed by atoms with van der Waals surface area (Å²) in [5.74, 6) is 0. The van der Waals surface area contributed by atoms with Gasteiger partial charge in [0.1, 0.15) is 0 Å². The molecule has 1 aliphatic rings. The average Bonchev–Trinajstić information content (AvgIpc) is 2.13. The van der Waals surface area contributed by atoms with Crippen molar-refractivity contribution in [2.45, 2.75) is 6.10 Å². The highest BCUT2D eigenvalue weighted by Crippen LogP contribution is 1.99. The Hall–Kier alpha value is -0.120. The molecule has 0 radical (unpaired) electrons. The second kappa shape index (κ2) is 3.91. The summed E-state index contributed by atoms with van der Waals surface area (Å²) < 4.78 is 10.5. The molecule has 0 aromatic rings. The molecule has 1 rings (SSSR count). The van der Waals surface area contributed by atoms with E-state index in [1.54, 1.807) is 7.11 Å². The van der Waals surface area contributed by atoms with E-state index in [0.29, 0.717) is 0 Å². The minimum Gasteiger partial charge on any atom is -0.378 e. The molecular formula is C7H15NO2. The van der Waals surface area contributed by atoms with Crippen LogP contribution in [-0.2, 0) is 9.47 Å². The lowest BCUT2D eigenvalue weighted by Crippen LogP contribution is -2.30. The maximum absolute atomic E-state index is 5.30. The van der Waals surface area contributed by atoms with Crippen molar-refractivity contribution < 1.29 is 9.47 Å². The zero-order chi connectivity index (χ0) is 7.40. The second-order valence-corrected chi connectivity index (χ2v) is 2.69. The monoisotopic (exact) mass is 145 g/mol. The van der Waals surface area contributed by atoms with Crippen LogP contribution in [0.4, 0.5) is 0 Å². The van der Waals surface area contributed by atoms with Crippen LogP contribution in [0.1, 0.15) is 0 Å². The van der Waals surface area contributed by atoms with E-state index in [0.717, 1.165) is 26.3 Å². The van der Waals surface area contributed by atoms with Gasteiger partial charge in [0.15, 0.2) is 0 Å². The molecule has 0 N–H and O–H groups in total. The van der Waals surface area contributed by atoms with E-state index >= 15 is 0 Å². The summed E-state index contributed by atoms with van der Waals surface area (Å²) in [6.07, 6.45) is 0.257.